The Labute approximate surface area is 700 Å². The molecule has 14 rings (SSSR count). The number of hydrogen-bond acceptors (Lipinski definition) is 19. The highest BCUT2D eigenvalue weighted by molar-refractivity contribution is 9.10. The van der Waals surface area contributed by atoms with Gasteiger partial charge in [-0.25, -0.2) is 50.2 Å². The van der Waals surface area contributed by atoms with Crippen molar-refractivity contribution in [3.63, 3.8) is 0 Å². The summed E-state index contributed by atoms with van der Waals surface area (Å²) in [5.74, 6) is 3.17. The maximum atomic E-state index is 13.3. The van der Waals surface area contributed by atoms with Crippen LogP contribution in [0.5, 0.6) is 40.2 Å². The van der Waals surface area contributed by atoms with Crippen LogP contribution >= 0.6 is 95.3 Å². The lowest BCUT2D eigenvalue weighted by Crippen LogP contribution is -2.14. The maximum Gasteiger partial charge on any atom is 0.265 e. The number of halogens is 8. The molecule has 0 radical (unpaired) electrons. The summed E-state index contributed by atoms with van der Waals surface area (Å²) < 4.78 is 105. The van der Waals surface area contributed by atoms with Gasteiger partial charge in [0.05, 0.1) is 71.3 Å². The number of nitrogens with zero attached hydrogens (tertiary/aromatic N) is 10. The molecule has 0 unspecified atom stereocenters. The summed E-state index contributed by atoms with van der Waals surface area (Å²) in [5.41, 5.74) is 13.0. The third-order valence-corrected chi connectivity index (χ3v) is 22.0. The number of aryl methyl sites for hydroxylation is 5. The Kier molecular flexibility index (Phi) is 31.7. The first kappa shape index (κ1) is 89.1. The highest BCUT2D eigenvalue weighted by atomic mass is 79.9. The smallest absolute Gasteiger partial charge is 0.265 e. The maximum absolute atomic E-state index is 13.3. The van der Waals surface area contributed by atoms with E-state index < -0.39 is 55.2 Å². The molecule has 0 saturated carbocycles. The number of benzene rings is 9. The summed E-state index contributed by atoms with van der Waals surface area (Å²) >= 11 is 32.8. The van der Waals surface area contributed by atoms with Crippen molar-refractivity contribution in [3.05, 3.63) is 268 Å². The number of nitrogens with one attached hydrogen (secondary N) is 1. The first-order chi connectivity index (χ1) is 54.1. The largest absolute Gasteiger partial charge is 0.505 e. The third kappa shape index (κ3) is 23.9. The Balaban J connectivity index is 0.000000174. The van der Waals surface area contributed by atoms with Crippen molar-refractivity contribution in [3.8, 4) is 108 Å². The summed E-state index contributed by atoms with van der Waals surface area (Å²) in [6.07, 6.45) is 18.9. The number of phenolic OH excluding ortho intramolecular Hbond substituents is 3. The molecule has 36 heteroatoms. The van der Waals surface area contributed by atoms with Crippen molar-refractivity contribution >= 4 is 135 Å². The van der Waals surface area contributed by atoms with Crippen molar-refractivity contribution in [2.75, 3.05) is 38.9 Å². The number of sulfonamides is 1. The summed E-state index contributed by atoms with van der Waals surface area (Å²) in [5, 5.41) is 30.6. The minimum Gasteiger partial charge on any atom is -0.505 e. The minimum atomic E-state index is -4.23. The van der Waals surface area contributed by atoms with E-state index in [0.717, 1.165) is 43.9 Å². The van der Waals surface area contributed by atoms with Gasteiger partial charge in [0.1, 0.15) is 61.0 Å². The van der Waals surface area contributed by atoms with E-state index in [4.69, 9.17) is 104 Å². The molecule has 0 bridgehead atoms. The van der Waals surface area contributed by atoms with Gasteiger partial charge in [-0.2, -0.15) is 0 Å². The van der Waals surface area contributed by atoms with Crippen LogP contribution in [0.15, 0.2) is 257 Å². The number of anilines is 2. The molecular weight excluding hydrogens is 1740 g/mol. The number of aromatic nitrogens is 10. The second kappa shape index (κ2) is 40.5. The quantitative estimate of drug-likeness (QED) is 0.0470. The molecule has 6 N–H and O–H groups in total. The van der Waals surface area contributed by atoms with Gasteiger partial charge in [0.15, 0.2) is 17.2 Å². The van der Waals surface area contributed by atoms with E-state index in [0.29, 0.717) is 67.1 Å². The average molecular weight is 1810 g/mol. The zero-order chi connectivity index (χ0) is 83.4. The molecule has 0 aliphatic rings. The number of aromatic hydroxyl groups is 3. The van der Waals surface area contributed by atoms with Crippen molar-refractivity contribution in [1.29, 1.82) is 0 Å². The molecule has 0 fully saturated rings. The second-order valence-corrected chi connectivity index (χ2v) is 33.5. The average Bonchev–Trinajstić information content (AvgIpc) is 0.990. The fourth-order valence-electron chi connectivity index (χ4n) is 10.4. The van der Waals surface area contributed by atoms with Gasteiger partial charge >= 0.3 is 0 Å². The fraction of sp³-hybridized carbons (Fsp3) is 0.115. The lowest BCUT2D eigenvalue weighted by molar-refractivity contribution is 0.415. The molecule has 14 aromatic rings. The van der Waals surface area contributed by atoms with E-state index in [1.165, 1.54) is 43.5 Å². The molecule has 596 valence electrons. The number of imidazole rings is 5. The van der Waals surface area contributed by atoms with Crippen molar-refractivity contribution in [2.45, 2.75) is 14.7 Å². The Morgan fingerprint density at radius 2 is 0.737 bits per heavy atom. The number of phenols is 3. The molecule has 0 aliphatic carbocycles. The predicted molar refractivity (Wildman–Crippen MR) is 453 cm³/mol. The van der Waals surface area contributed by atoms with Gasteiger partial charge in [0, 0.05) is 145 Å². The number of rotatable bonds is 15. The van der Waals surface area contributed by atoms with Crippen LogP contribution in [0.4, 0.5) is 11.4 Å². The number of nitrogens with two attached hydrogens (primary N) is 1. The van der Waals surface area contributed by atoms with E-state index in [-0.39, 0.29) is 25.7 Å². The standard InChI is InChI=1S/C23H20ClN3O4S.C13H13NO.C11H11ClN2O.2C10H8Cl2N2O3S.C7H6BrClO.C4H6N2/c1-27-11-10-25-23(27)17-12-18(24)22(28)21(14-17)32(29,30)26-19-13-16(8-9-20(19)31-2)15-6-4-3-5-7-15;1-15-13-8-7-11(9-12(13)14)10-5-3-2-4-6-10;1-14-6-5-13-11(14)8-3-4-10(15-2)9(12)7-8;2*1-14-3-2-13-10(14)6-4-7(11)9(15)8(5-6)18(12,16)17;1-10-7-3-2-5(8)4-6(7)9;1-6-3-2-5-4-6/h3-14,26,28H,1-2H3;2-9H,14H2,1H3;3-7H,1-2H3;2*2-5,15H,1H3;2-4H,1H3;2-4H,1H3. The van der Waals surface area contributed by atoms with E-state index >= 15 is 0 Å². The van der Waals surface area contributed by atoms with Gasteiger partial charge in [-0.05, 0) is 119 Å². The van der Waals surface area contributed by atoms with Crippen LogP contribution in [0.25, 0.3) is 67.8 Å². The van der Waals surface area contributed by atoms with E-state index in [1.54, 1.807) is 130 Å². The Morgan fingerprint density at radius 1 is 0.386 bits per heavy atom. The van der Waals surface area contributed by atoms with Crippen LogP contribution in [0.1, 0.15) is 0 Å². The van der Waals surface area contributed by atoms with Gasteiger partial charge < -0.3 is 62.8 Å². The molecule has 5 aromatic heterocycles. The van der Waals surface area contributed by atoms with Gasteiger partial charge in [0.25, 0.3) is 28.1 Å². The first-order valence-corrected chi connectivity index (χ1v) is 41.7. The summed E-state index contributed by atoms with van der Waals surface area (Å²) in [6, 6.07) is 49.9. The summed E-state index contributed by atoms with van der Waals surface area (Å²) in [6.45, 7) is 0. The predicted octanol–water partition coefficient (Wildman–Crippen LogP) is 18.9. The monoisotopic (exact) mass is 1800 g/mol. The van der Waals surface area contributed by atoms with Crippen LogP contribution < -0.4 is 29.4 Å². The molecule has 0 atom stereocenters. The molecule has 25 nitrogen and oxygen atoms in total. The molecule has 5 heterocycles. The number of methoxy groups -OCH3 is 4. The molecule has 0 spiro atoms. The second-order valence-electron chi connectivity index (χ2n) is 23.8. The lowest BCUT2D eigenvalue weighted by Gasteiger charge is -2.15. The molecule has 0 aliphatic heterocycles. The zero-order valence-electron chi connectivity index (χ0n) is 61.7. The minimum absolute atomic E-state index is 0.101. The highest BCUT2D eigenvalue weighted by Crippen LogP contribution is 2.42. The first-order valence-electron chi connectivity index (χ1n) is 32.9. The normalized spacial score (nSPS) is 10.9. The molecule has 9 aromatic carbocycles. The Morgan fingerprint density at radius 3 is 1.08 bits per heavy atom. The zero-order valence-corrected chi connectivity index (χ0v) is 71.1. The van der Waals surface area contributed by atoms with Crippen molar-refractivity contribution < 1.29 is 59.5 Å². The van der Waals surface area contributed by atoms with Gasteiger partial charge in [-0.1, -0.05) is 147 Å². The third-order valence-electron chi connectivity index (χ3n) is 16.0. The van der Waals surface area contributed by atoms with E-state index in [1.807, 2.05) is 139 Å². The van der Waals surface area contributed by atoms with Crippen LogP contribution in [0.2, 0.25) is 25.1 Å². The van der Waals surface area contributed by atoms with E-state index in [9.17, 15) is 40.6 Å². The summed E-state index contributed by atoms with van der Waals surface area (Å²) in [4.78, 5) is 19.1. The van der Waals surface area contributed by atoms with Crippen LogP contribution in [0, 0.1) is 0 Å². The van der Waals surface area contributed by atoms with Gasteiger partial charge in [-0.15, -0.1) is 0 Å². The molecular formula is C78H72BrCl7N12O13S3. The number of hydrogen-bond donors (Lipinski definition) is 5. The molecule has 114 heavy (non-hydrogen) atoms. The SMILES string of the molecule is COc1ccc(-c2ccccc2)cc1N.COc1ccc(-c2ccccc2)cc1NS(=O)(=O)c1cc(-c2nccn2C)cc(Cl)c1O.COc1ccc(-c2nccn2C)cc1Cl.COc1ccc(Br)cc1Cl.Cn1ccnc1.Cn1ccnc1-c1cc(Cl)c(O)c(S(=O)(=O)Cl)c1.Cn1ccnc1-c1cc(Cl)c(O)c(S(=O)(=O)Cl)c1. The van der Waals surface area contributed by atoms with Crippen molar-refractivity contribution in [1.82, 2.24) is 47.8 Å². The van der Waals surface area contributed by atoms with Crippen molar-refractivity contribution in [2.24, 2.45) is 35.2 Å². The number of ether oxygens (including phenoxy) is 4. The van der Waals surface area contributed by atoms with Crippen LogP contribution in [-0.4, -0.2) is 117 Å². The summed E-state index contributed by atoms with van der Waals surface area (Å²) in [7, 11) is 13.5. The molecule has 0 amide bonds. The molecule has 0 saturated heterocycles. The van der Waals surface area contributed by atoms with E-state index in [2.05, 4.69) is 57.7 Å². The number of nitrogen functional groups attached to an aromatic ring is 1. The topological polar surface area (TPSA) is 327 Å². The van der Waals surface area contributed by atoms with Crippen LogP contribution in [0.3, 0.4) is 0 Å². The Bertz CT molecular complexity index is 5860. The lowest BCUT2D eigenvalue weighted by atomic mass is 10.1. The van der Waals surface area contributed by atoms with Crippen LogP contribution in [-0.2, 0) is 63.4 Å². The fourth-order valence-corrected chi connectivity index (χ4v) is 15.3. The van der Waals surface area contributed by atoms with Gasteiger partial charge in [0.2, 0.25) is 0 Å². The Hall–Kier alpha value is -10.4. The highest BCUT2D eigenvalue weighted by Gasteiger charge is 2.27. The van der Waals surface area contributed by atoms with Gasteiger partial charge in [-0.3, -0.25) is 4.72 Å².